The summed E-state index contributed by atoms with van der Waals surface area (Å²) in [6, 6.07) is 14.0. The normalized spacial score (nSPS) is 12.1. The van der Waals surface area contributed by atoms with Gasteiger partial charge in [-0.2, -0.15) is 0 Å². The van der Waals surface area contributed by atoms with E-state index in [4.69, 9.17) is 5.21 Å². The molecule has 0 saturated heterocycles. The van der Waals surface area contributed by atoms with Crippen molar-refractivity contribution in [1.29, 1.82) is 0 Å². The van der Waals surface area contributed by atoms with Crippen molar-refractivity contribution < 1.29 is 10.0 Å². The summed E-state index contributed by atoms with van der Waals surface area (Å²) in [7, 11) is 0. The Kier molecular flexibility index (Phi) is 3.91. The second-order valence-electron chi connectivity index (χ2n) is 5.22. The lowest BCUT2D eigenvalue weighted by atomic mass is 10.1. The Hall–Kier alpha value is -2.99. The standard InChI is InChI=1S/C17H15N3O3/c1-11(12-5-3-2-4-6-12)20-10-18-15-8-7-13(16(21)19-23)9-14(15)17(20)22/h2-11,23H,1H3,(H,19,21). The van der Waals surface area contributed by atoms with E-state index in [1.54, 1.807) is 11.5 Å². The summed E-state index contributed by atoms with van der Waals surface area (Å²) in [6.45, 7) is 1.91. The van der Waals surface area contributed by atoms with E-state index in [2.05, 4.69) is 4.98 Å². The summed E-state index contributed by atoms with van der Waals surface area (Å²) in [5.74, 6) is -0.669. The number of carbonyl (C=O) groups excluding carboxylic acids is 1. The molecule has 6 heteroatoms. The van der Waals surface area contributed by atoms with Crippen molar-refractivity contribution in [3.05, 3.63) is 76.3 Å². The molecule has 0 spiro atoms. The maximum Gasteiger partial charge on any atom is 0.274 e. The van der Waals surface area contributed by atoms with Crippen LogP contribution in [-0.2, 0) is 0 Å². The molecule has 6 nitrogen and oxygen atoms in total. The van der Waals surface area contributed by atoms with Crippen molar-refractivity contribution in [2.45, 2.75) is 13.0 Å². The second-order valence-corrected chi connectivity index (χ2v) is 5.22. The molecule has 1 aromatic heterocycles. The van der Waals surface area contributed by atoms with Gasteiger partial charge in [0.05, 0.1) is 23.3 Å². The SMILES string of the molecule is CC(c1ccccc1)n1cnc2ccc(C(=O)NO)cc2c1=O. The number of aromatic nitrogens is 2. The highest BCUT2D eigenvalue weighted by molar-refractivity contribution is 5.97. The number of benzene rings is 2. The predicted octanol–water partition coefficient (Wildman–Crippen LogP) is 2.12. The molecular weight excluding hydrogens is 294 g/mol. The van der Waals surface area contributed by atoms with Gasteiger partial charge in [0.15, 0.2) is 0 Å². The van der Waals surface area contributed by atoms with Gasteiger partial charge in [-0.1, -0.05) is 30.3 Å². The molecule has 3 rings (SSSR count). The molecule has 1 unspecified atom stereocenters. The fraction of sp³-hybridized carbons (Fsp3) is 0.118. The number of hydrogen-bond donors (Lipinski definition) is 2. The summed E-state index contributed by atoms with van der Waals surface area (Å²) < 4.78 is 1.53. The lowest BCUT2D eigenvalue weighted by molar-refractivity contribution is 0.0706. The number of nitrogens with one attached hydrogen (secondary N) is 1. The third-order valence-corrected chi connectivity index (χ3v) is 3.85. The van der Waals surface area contributed by atoms with Gasteiger partial charge in [-0.3, -0.25) is 19.4 Å². The lowest BCUT2D eigenvalue weighted by Crippen LogP contribution is -2.25. The average Bonchev–Trinajstić information content (AvgIpc) is 2.61. The largest absolute Gasteiger partial charge is 0.291 e. The first-order valence-electron chi connectivity index (χ1n) is 7.12. The number of hydrogen-bond acceptors (Lipinski definition) is 4. The molecule has 0 radical (unpaired) electrons. The molecule has 116 valence electrons. The first-order valence-corrected chi connectivity index (χ1v) is 7.12. The third-order valence-electron chi connectivity index (χ3n) is 3.85. The molecule has 0 bridgehead atoms. The van der Waals surface area contributed by atoms with Crippen molar-refractivity contribution >= 4 is 16.8 Å². The zero-order chi connectivity index (χ0) is 16.4. The van der Waals surface area contributed by atoms with Crippen LogP contribution in [0.5, 0.6) is 0 Å². The van der Waals surface area contributed by atoms with Crippen LogP contribution >= 0.6 is 0 Å². The summed E-state index contributed by atoms with van der Waals surface area (Å²) in [5, 5.41) is 9.05. The highest BCUT2D eigenvalue weighted by Crippen LogP contribution is 2.17. The molecule has 0 fully saturated rings. The number of rotatable bonds is 3. The van der Waals surface area contributed by atoms with Crippen LogP contribution in [0.3, 0.4) is 0 Å². The quantitative estimate of drug-likeness (QED) is 0.573. The zero-order valence-electron chi connectivity index (χ0n) is 12.4. The van der Waals surface area contributed by atoms with Gasteiger partial charge >= 0.3 is 0 Å². The lowest BCUT2D eigenvalue weighted by Gasteiger charge is -2.15. The molecule has 1 amide bonds. The average molecular weight is 309 g/mol. The summed E-state index contributed by atoms with van der Waals surface area (Å²) >= 11 is 0. The molecule has 0 saturated carbocycles. The van der Waals surface area contributed by atoms with Gasteiger partial charge in [0.2, 0.25) is 0 Å². The predicted molar refractivity (Wildman–Crippen MR) is 85.5 cm³/mol. The van der Waals surface area contributed by atoms with Crippen LogP contribution in [-0.4, -0.2) is 20.7 Å². The van der Waals surface area contributed by atoms with Crippen LogP contribution < -0.4 is 11.0 Å². The minimum atomic E-state index is -0.669. The summed E-state index contributed by atoms with van der Waals surface area (Å²) in [4.78, 5) is 28.5. The van der Waals surface area contributed by atoms with Crippen molar-refractivity contribution in [3.63, 3.8) is 0 Å². The molecule has 23 heavy (non-hydrogen) atoms. The van der Waals surface area contributed by atoms with E-state index in [1.165, 1.54) is 23.0 Å². The number of amides is 1. The van der Waals surface area contributed by atoms with Gasteiger partial charge in [-0.05, 0) is 30.7 Å². The van der Waals surface area contributed by atoms with Gasteiger partial charge in [0, 0.05) is 5.56 Å². The van der Waals surface area contributed by atoms with Gasteiger partial charge in [-0.25, -0.2) is 10.5 Å². The minimum Gasteiger partial charge on any atom is -0.291 e. The Bertz CT molecular complexity index is 919. The molecule has 0 aliphatic heterocycles. The van der Waals surface area contributed by atoms with Gasteiger partial charge in [-0.15, -0.1) is 0 Å². The Labute approximate surface area is 132 Å². The van der Waals surface area contributed by atoms with E-state index in [0.29, 0.717) is 10.9 Å². The molecular formula is C17H15N3O3. The third kappa shape index (κ3) is 2.72. The van der Waals surface area contributed by atoms with Crippen LogP contribution in [0.4, 0.5) is 0 Å². The van der Waals surface area contributed by atoms with Crippen molar-refractivity contribution in [1.82, 2.24) is 15.0 Å². The van der Waals surface area contributed by atoms with Crippen LogP contribution in [0, 0.1) is 0 Å². The molecule has 0 aliphatic rings. The van der Waals surface area contributed by atoms with Gasteiger partial charge < -0.3 is 0 Å². The van der Waals surface area contributed by atoms with E-state index in [0.717, 1.165) is 5.56 Å². The Morgan fingerprint density at radius 3 is 2.65 bits per heavy atom. The molecule has 3 aromatic rings. The first-order chi connectivity index (χ1) is 11.1. The smallest absolute Gasteiger partial charge is 0.274 e. The molecule has 0 aliphatic carbocycles. The summed E-state index contributed by atoms with van der Waals surface area (Å²) in [6.07, 6.45) is 1.51. The fourth-order valence-corrected chi connectivity index (χ4v) is 2.51. The van der Waals surface area contributed by atoms with E-state index >= 15 is 0 Å². The summed E-state index contributed by atoms with van der Waals surface area (Å²) in [5.41, 5.74) is 3.01. The van der Waals surface area contributed by atoms with E-state index in [-0.39, 0.29) is 17.2 Å². The van der Waals surface area contributed by atoms with E-state index in [1.807, 2.05) is 37.3 Å². The highest BCUT2D eigenvalue weighted by atomic mass is 16.5. The number of fused-ring (bicyclic) bond motifs is 1. The highest BCUT2D eigenvalue weighted by Gasteiger charge is 2.13. The van der Waals surface area contributed by atoms with Crippen LogP contribution in [0.2, 0.25) is 0 Å². The number of hydroxylamine groups is 1. The monoisotopic (exact) mass is 309 g/mol. The van der Waals surface area contributed by atoms with Crippen molar-refractivity contribution in [2.75, 3.05) is 0 Å². The minimum absolute atomic E-state index is 0.184. The second kappa shape index (κ2) is 6.02. The van der Waals surface area contributed by atoms with E-state index in [9.17, 15) is 9.59 Å². The van der Waals surface area contributed by atoms with E-state index < -0.39 is 5.91 Å². The maximum absolute atomic E-state index is 12.7. The maximum atomic E-state index is 12.7. The fourth-order valence-electron chi connectivity index (χ4n) is 2.51. The van der Waals surface area contributed by atoms with Gasteiger partial charge in [0.25, 0.3) is 11.5 Å². The van der Waals surface area contributed by atoms with Crippen LogP contribution in [0.15, 0.2) is 59.7 Å². The molecule has 2 N–H and O–H groups in total. The zero-order valence-corrected chi connectivity index (χ0v) is 12.4. The Morgan fingerprint density at radius 2 is 1.96 bits per heavy atom. The number of carbonyl (C=O) groups is 1. The van der Waals surface area contributed by atoms with Crippen molar-refractivity contribution in [2.24, 2.45) is 0 Å². The Balaban J connectivity index is 2.14. The first kappa shape index (κ1) is 14.9. The topological polar surface area (TPSA) is 84.2 Å². The Morgan fingerprint density at radius 1 is 1.22 bits per heavy atom. The van der Waals surface area contributed by atoms with Crippen LogP contribution in [0.25, 0.3) is 10.9 Å². The van der Waals surface area contributed by atoms with Crippen molar-refractivity contribution in [3.8, 4) is 0 Å². The van der Waals surface area contributed by atoms with Crippen LogP contribution in [0.1, 0.15) is 28.9 Å². The molecule has 1 heterocycles. The molecule has 1 atom stereocenters. The number of nitrogens with zero attached hydrogens (tertiary/aromatic N) is 2. The van der Waals surface area contributed by atoms with Gasteiger partial charge in [0.1, 0.15) is 0 Å². The molecule has 2 aromatic carbocycles.